The molecule has 0 fully saturated rings. The second-order valence-electron chi connectivity index (χ2n) is 4.31. The Morgan fingerprint density at radius 2 is 1.86 bits per heavy atom. The molecule has 0 radical (unpaired) electrons. The highest BCUT2D eigenvalue weighted by atomic mass is 35.5. The summed E-state index contributed by atoms with van der Waals surface area (Å²) in [6.45, 7) is 0. The Balaban J connectivity index is 2.09. The van der Waals surface area contributed by atoms with Gasteiger partial charge in [0.1, 0.15) is 5.03 Å². The van der Waals surface area contributed by atoms with Gasteiger partial charge < -0.3 is 0 Å². The van der Waals surface area contributed by atoms with Gasteiger partial charge in [0, 0.05) is 15.3 Å². The van der Waals surface area contributed by atoms with Crippen molar-refractivity contribution in [3.05, 3.63) is 64.1 Å². The summed E-state index contributed by atoms with van der Waals surface area (Å²) in [6, 6.07) is 16.8. The highest BCUT2D eigenvalue weighted by molar-refractivity contribution is 7.99. The van der Waals surface area contributed by atoms with Crippen molar-refractivity contribution < 1.29 is 0 Å². The number of benzene rings is 2. The largest absolute Gasteiger partial charge is 0.241 e. The second-order valence-corrected chi connectivity index (χ2v) is 6.22. The smallest absolute Gasteiger partial charge is 0.103 e. The second kappa shape index (κ2) is 5.95. The highest BCUT2D eigenvalue weighted by Crippen LogP contribution is 2.35. The van der Waals surface area contributed by atoms with E-state index in [1.165, 1.54) is 11.8 Å². The van der Waals surface area contributed by atoms with Gasteiger partial charge in [0.15, 0.2) is 0 Å². The molecule has 0 aliphatic carbocycles. The molecule has 0 atom stereocenters. The minimum Gasteiger partial charge on any atom is -0.241 e. The average Bonchev–Trinajstić information content (AvgIpc) is 2.50. The SMILES string of the molecule is N#Cc1cc(Sc2cc(Cl)ccc2Cl)nc2ccccc12. The lowest BCUT2D eigenvalue weighted by molar-refractivity contribution is 1.18. The van der Waals surface area contributed by atoms with Crippen LogP contribution in [0.3, 0.4) is 0 Å². The van der Waals surface area contributed by atoms with Gasteiger partial charge in [-0.1, -0.05) is 53.2 Å². The first-order valence-corrected chi connectivity index (χ1v) is 7.67. The Bertz CT molecular complexity index is 872. The number of para-hydroxylation sites is 1. The van der Waals surface area contributed by atoms with E-state index in [1.54, 1.807) is 24.3 Å². The van der Waals surface area contributed by atoms with E-state index in [0.717, 1.165) is 20.8 Å². The Kier molecular flexibility index (Phi) is 4.03. The molecule has 0 bridgehead atoms. The van der Waals surface area contributed by atoms with Gasteiger partial charge in [-0.15, -0.1) is 0 Å². The van der Waals surface area contributed by atoms with Crippen molar-refractivity contribution in [2.24, 2.45) is 0 Å². The molecule has 0 aliphatic rings. The van der Waals surface area contributed by atoms with Crippen LogP contribution in [0, 0.1) is 11.3 Å². The predicted molar refractivity (Wildman–Crippen MR) is 87.0 cm³/mol. The molecule has 0 aliphatic heterocycles. The van der Waals surface area contributed by atoms with E-state index in [4.69, 9.17) is 23.2 Å². The molecule has 3 rings (SSSR count). The zero-order valence-corrected chi connectivity index (χ0v) is 13.0. The summed E-state index contributed by atoms with van der Waals surface area (Å²) in [4.78, 5) is 5.38. The van der Waals surface area contributed by atoms with E-state index in [-0.39, 0.29) is 0 Å². The first kappa shape index (κ1) is 14.2. The first-order chi connectivity index (χ1) is 10.2. The van der Waals surface area contributed by atoms with Crippen LogP contribution in [0.5, 0.6) is 0 Å². The van der Waals surface area contributed by atoms with Gasteiger partial charge in [-0.05, 0) is 30.3 Å². The first-order valence-electron chi connectivity index (χ1n) is 6.10. The molecule has 1 aromatic heterocycles. The van der Waals surface area contributed by atoms with E-state index in [2.05, 4.69) is 11.1 Å². The molecular formula is C16H8Cl2N2S. The van der Waals surface area contributed by atoms with Gasteiger partial charge in [0.05, 0.1) is 22.2 Å². The third-order valence-corrected chi connectivity index (χ3v) is 4.57. The zero-order valence-electron chi connectivity index (χ0n) is 10.7. The molecule has 0 N–H and O–H groups in total. The minimum absolute atomic E-state index is 0.598. The maximum atomic E-state index is 9.29. The Labute approximate surface area is 136 Å². The van der Waals surface area contributed by atoms with Crippen molar-refractivity contribution >= 4 is 45.9 Å². The number of hydrogen-bond acceptors (Lipinski definition) is 3. The average molecular weight is 331 g/mol. The van der Waals surface area contributed by atoms with Gasteiger partial charge in [-0.2, -0.15) is 5.26 Å². The maximum Gasteiger partial charge on any atom is 0.103 e. The molecule has 0 amide bonds. The van der Waals surface area contributed by atoms with Crippen molar-refractivity contribution in [1.29, 1.82) is 5.26 Å². The van der Waals surface area contributed by atoms with E-state index in [1.807, 2.05) is 24.3 Å². The molecule has 3 aromatic rings. The molecule has 21 heavy (non-hydrogen) atoms. The third-order valence-electron chi connectivity index (χ3n) is 2.92. The molecule has 2 aromatic carbocycles. The van der Waals surface area contributed by atoms with Crippen LogP contribution in [0.4, 0.5) is 0 Å². The molecule has 0 saturated heterocycles. The van der Waals surface area contributed by atoms with Crippen LogP contribution in [0.1, 0.15) is 5.56 Å². The van der Waals surface area contributed by atoms with E-state index >= 15 is 0 Å². The van der Waals surface area contributed by atoms with Crippen LogP contribution in [0.25, 0.3) is 10.9 Å². The van der Waals surface area contributed by atoms with Crippen molar-refractivity contribution in [3.8, 4) is 6.07 Å². The normalized spacial score (nSPS) is 10.5. The fourth-order valence-electron chi connectivity index (χ4n) is 1.96. The number of pyridine rings is 1. The fraction of sp³-hybridized carbons (Fsp3) is 0. The quantitative estimate of drug-likeness (QED) is 0.616. The number of aromatic nitrogens is 1. The lowest BCUT2D eigenvalue weighted by Gasteiger charge is -2.06. The van der Waals surface area contributed by atoms with Gasteiger partial charge in [0.2, 0.25) is 0 Å². The minimum atomic E-state index is 0.598. The van der Waals surface area contributed by atoms with Gasteiger partial charge >= 0.3 is 0 Å². The highest BCUT2D eigenvalue weighted by Gasteiger charge is 2.09. The number of nitrogens with zero attached hydrogens (tertiary/aromatic N) is 2. The summed E-state index contributed by atoms with van der Waals surface area (Å²) in [7, 11) is 0. The summed E-state index contributed by atoms with van der Waals surface area (Å²) in [5.74, 6) is 0. The van der Waals surface area contributed by atoms with Crippen LogP contribution in [-0.4, -0.2) is 4.98 Å². The van der Waals surface area contributed by atoms with Crippen LogP contribution >= 0.6 is 35.0 Å². The van der Waals surface area contributed by atoms with Crippen LogP contribution in [0.15, 0.2) is 58.5 Å². The van der Waals surface area contributed by atoms with E-state index < -0.39 is 0 Å². The summed E-state index contributed by atoms with van der Waals surface area (Å²) >= 11 is 13.6. The van der Waals surface area contributed by atoms with E-state index in [0.29, 0.717) is 15.6 Å². The number of rotatable bonds is 2. The number of hydrogen-bond donors (Lipinski definition) is 0. The molecule has 102 valence electrons. The number of fused-ring (bicyclic) bond motifs is 1. The van der Waals surface area contributed by atoms with E-state index in [9.17, 15) is 5.26 Å². The number of nitriles is 1. The Morgan fingerprint density at radius 1 is 1.05 bits per heavy atom. The van der Waals surface area contributed by atoms with Gasteiger partial charge in [-0.25, -0.2) is 4.98 Å². The topological polar surface area (TPSA) is 36.7 Å². The number of halogens is 2. The Morgan fingerprint density at radius 3 is 2.67 bits per heavy atom. The molecular weight excluding hydrogens is 323 g/mol. The summed E-state index contributed by atoms with van der Waals surface area (Å²) < 4.78 is 0. The lowest BCUT2D eigenvalue weighted by atomic mass is 10.1. The fourth-order valence-corrected chi connectivity index (χ4v) is 3.33. The Hall–Kier alpha value is -1.73. The molecule has 0 unspecified atom stereocenters. The standard InChI is InChI=1S/C16H8Cl2N2S/c17-11-5-6-13(18)15(8-11)21-16-7-10(9-19)12-3-1-2-4-14(12)20-16/h1-8H. The summed E-state index contributed by atoms with van der Waals surface area (Å²) in [5.41, 5.74) is 1.39. The maximum absolute atomic E-state index is 9.29. The molecule has 2 nitrogen and oxygen atoms in total. The zero-order chi connectivity index (χ0) is 14.8. The van der Waals surface area contributed by atoms with Crippen LogP contribution in [-0.2, 0) is 0 Å². The van der Waals surface area contributed by atoms with Crippen molar-refractivity contribution in [2.75, 3.05) is 0 Å². The van der Waals surface area contributed by atoms with Gasteiger partial charge in [-0.3, -0.25) is 0 Å². The van der Waals surface area contributed by atoms with Crippen molar-refractivity contribution in [1.82, 2.24) is 4.98 Å². The van der Waals surface area contributed by atoms with Crippen molar-refractivity contribution in [2.45, 2.75) is 9.92 Å². The monoisotopic (exact) mass is 330 g/mol. The van der Waals surface area contributed by atoms with Crippen LogP contribution < -0.4 is 0 Å². The molecule has 5 heteroatoms. The third kappa shape index (κ3) is 2.98. The van der Waals surface area contributed by atoms with Crippen LogP contribution in [0.2, 0.25) is 10.0 Å². The predicted octanol–water partition coefficient (Wildman–Crippen LogP) is 5.56. The van der Waals surface area contributed by atoms with Gasteiger partial charge in [0.25, 0.3) is 0 Å². The lowest BCUT2D eigenvalue weighted by Crippen LogP contribution is -1.88. The molecule has 1 heterocycles. The molecule has 0 saturated carbocycles. The summed E-state index contributed by atoms with van der Waals surface area (Å²) in [6.07, 6.45) is 0. The van der Waals surface area contributed by atoms with Crippen molar-refractivity contribution in [3.63, 3.8) is 0 Å². The molecule has 0 spiro atoms. The summed E-state index contributed by atoms with van der Waals surface area (Å²) in [5, 5.41) is 12.1.